The Bertz CT molecular complexity index is 378. The molecule has 0 spiro atoms. The van der Waals surface area contributed by atoms with E-state index in [9.17, 15) is 19.5 Å². The maximum atomic E-state index is 11.1. The molecule has 6 heteroatoms. The topological polar surface area (TPSA) is 112 Å². The predicted molar refractivity (Wildman–Crippen MR) is 112 cm³/mol. The van der Waals surface area contributed by atoms with Crippen LogP contribution in [0.1, 0.15) is 117 Å². The van der Waals surface area contributed by atoms with Crippen LogP contribution < -0.4 is 0 Å². The predicted octanol–water partition coefficient (Wildman–Crippen LogP) is 6.12. The summed E-state index contributed by atoms with van der Waals surface area (Å²) in [5, 5.41) is 25.4. The lowest BCUT2D eigenvalue weighted by molar-refractivity contribution is -0.142. The summed E-state index contributed by atoms with van der Waals surface area (Å²) in [6.45, 7) is 4.40. The van der Waals surface area contributed by atoms with E-state index in [0.717, 1.165) is 25.7 Å². The molecular weight excluding hydrogens is 360 g/mol. The summed E-state index contributed by atoms with van der Waals surface area (Å²) in [4.78, 5) is 30.9. The third kappa shape index (κ3) is 24.4. The summed E-state index contributed by atoms with van der Waals surface area (Å²) in [6, 6.07) is 0. The average molecular weight is 403 g/mol. The maximum absolute atomic E-state index is 11.1. The summed E-state index contributed by atoms with van der Waals surface area (Å²) >= 11 is 0. The number of carboxylic acids is 3. The second-order valence-corrected chi connectivity index (χ2v) is 7.44. The zero-order valence-electron chi connectivity index (χ0n) is 18.0. The highest BCUT2D eigenvalue weighted by molar-refractivity contribution is 5.69. The summed E-state index contributed by atoms with van der Waals surface area (Å²) in [5.74, 6) is -2.41. The molecule has 0 rings (SSSR count). The Balaban J connectivity index is 0. The highest BCUT2D eigenvalue weighted by Crippen LogP contribution is 2.19. The number of hydrogen-bond acceptors (Lipinski definition) is 3. The molecule has 0 amide bonds. The Hall–Kier alpha value is -1.59. The second kappa shape index (κ2) is 21.7. The number of aliphatic carboxylic acids is 3. The standard InChI is InChI=1S/C16H32O2.C6H10O4/c1-3-5-7-9-10-12-14-15(16(17)18)13-11-8-6-4-2;7-5(8)3-1-2-4-6(9)10/h15H,3-14H2,1-2H3,(H,17,18);1-4H2,(H,7,8)(H,9,10). The minimum absolute atomic E-state index is 0.0628. The van der Waals surface area contributed by atoms with E-state index in [0.29, 0.717) is 12.8 Å². The third-order valence-electron chi connectivity index (χ3n) is 4.69. The first-order valence-electron chi connectivity index (χ1n) is 11.0. The van der Waals surface area contributed by atoms with Gasteiger partial charge in [-0.2, -0.15) is 0 Å². The first kappa shape index (κ1) is 28.6. The van der Waals surface area contributed by atoms with Gasteiger partial charge in [0.15, 0.2) is 0 Å². The number of unbranched alkanes of at least 4 members (excludes halogenated alkanes) is 9. The molecule has 0 saturated heterocycles. The van der Waals surface area contributed by atoms with Crippen LogP contribution in [0.15, 0.2) is 0 Å². The van der Waals surface area contributed by atoms with Crippen LogP contribution in [0.2, 0.25) is 0 Å². The molecule has 0 aliphatic carbocycles. The number of rotatable bonds is 18. The van der Waals surface area contributed by atoms with E-state index in [2.05, 4.69) is 13.8 Å². The number of carboxylic acid groups (broad SMARTS) is 3. The Kier molecular flexibility index (Phi) is 22.2. The number of hydrogen-bond donors (Lipinski definition) is 3. The molecule has 0 bridgehead atoms. The van der Waals surface area contributed by atoms with Crippen molar-refractivity contribution in [2.45, 2.75) is 117 Å². The average Bonchev–Trinajstić information content (AvgIpc) is 2.63. The lowest BCUT2D eigenvalue weighted by Gasteiger charge is -2.11. The molecule has 0 aromatic rings. The fourth-order valence-corrected chi connectivity index (χ4v) is 2.93. The van der Waals surface area contributed by atoms with Crippen LogP contribution in [0.25, 0.3) is 0 Å². The molecule has 0 aliphatic rings. The van der Waals surface area contributed by atoms with Gasteiger partial charge in [0.2, 0.25) is 0 Å². The zero-order valence-corrected chi connectivity index (χ0v) is 18.0. The van der Waals surface area contributed by atoms with Gasteiger partial charge in [0.1, 0.15) is 0 Å². The highest BCUT2D eigenvalue weighted by atomic mass is 16.4. The Morgan fingerprint density at radius 1 is 0.571 bits per heavy atom. The quantitative estimate of drug-likeness (QED) is 0.238. The molecule has 1 atom stereocenters. The van der Waals surface area contributed by atoms with Crippen LogP contribution in [0.3, 0.4) is 0 Å². The highest BCUT2D eigenvalue weighted by Gasteiger charge is 2.15. The smallest absolute Gasteiger partial charge is 0.306 e. The van der Waals surface area contributed by atoms with Gasteiger partial charge in [-0.15, -0.1) is 0 Å². The van der Waals surface area contributed by atoms with Crippen molar-refractivity contribution < 1.29 is 29.7 Å². The van der Waals surface area contributed by atoms with Crippen molar-refractivity contribution in [2.75, 3.05) is 0 Å². The van der Waals surface area contributed by atoms with Crippen molar-refractivity contribution in [2.24, 2.45) is 5.92 Å². The van der Waals surface area contributed by atoms with Gasteiger partial charge in [-0.05, 0) is 25.7 Å². The van der Waals surface area contributed by atoms with Crippen LogP contribution in [0, 0.1) is 5.92 Å². The first-order chi connectivity index (χ1) is 13.3. The van der Waals surface area contributed by atoms with Gasteiger partial charge in [-0.25, -0.2) is 0 Å². The van der Waals surface area contributed by atoms with Gasteiger partial charge in [0.25, 0.3) is 0 Å². The molecule has 6 nitrogen and oxygen atoms in total. The Morgan fingerprint density at radius 2 is 0.929 bits per heavy atom. The van der Waals surface area contributed by atoms with Gasteiger partial charge < -0.3 is 15.3 Å². The molecule has 0 fully saturated rings. The van der Waals surface area contributed by atoms with Crippen molar-refractivity contribution in [3.05, 3.63) is 0 Å². The lowest BCUT2D eigenvalue weighted by atomic mass is 9.94. The summed E-state index contributed by atoms with van der Waals surface area (Å²) in [7, 11) is 0. The summed E-state index contributed by atoms with van der Waals surface area (Å²) in [5.41, 5.74) is 0. The molecule has 0 aromatic heterocycles. The van der Waals surface area contributed by atoms with Crippen molar-refractivity contribution in [1.29, 1.82) is 0 Å². The van der Waals surface area contributed by atoms with E-state index in [4.69, 9.17) is 10.2 Å². The molecule has 0 saturated carbocycles. The molecule has 0 heterocycles. The van der Waals surface area contributed by atoms with Gasteiger partial charge in [0, 0.05) is 12.8 Å². The summed E-state index contributed by atoms with van der Waals surface area (Å²) < 4.78 is 0. The van der Waals surface area contributed by atoms with Crippen molar-refractivity contribution in [3.63, 3.8) is 0 Å². The van der Waals surface area contributed by atoms with Crippen LogP contribution in [-0.4, -0.2) is 33.2 Å². The van der Waals surface area contributed by atoms with Crippen LogP contribution in [-0.2, 0) is 14.4 Å². The Morgan fingerprint density at radius 3 is 1.29 bits per heavy atom. The van der Waals surface area contributed by atoms with Crippen molar-refractivity contribution in [3.8, 4) is 0 Å². The van der Waals surface area contributed by atoms with E-state index in [-0.39, 0.29) is 18.8 Å². The minimum atomic E-state index is -0.870. The SMILES string of the molecule is CCCCCCCCC(CCCCCC)C(=O)O.O=C(O)CCCCC(=O)O. The fraction of sp³-hybridized carbons (Fsp3) is 0.864. The molecule has 0 aromatic carbocycles. The van der Waals surface area contributed by atoms with Gasteiger partial charge in [-0.3, -0.25) is 14.4 Å². The molecule has 28 heavy (non-hydrogen) atoms. The van der Waals surface area contributed by atoms with Crippen LogP contribution in [0.4, 0.5) is 0 Å². The maximum Gasteiger partial charge on any atom is 0.306 e. The van der Waals surface area contributed by atoms with Gasteiger partial charge >= 0.3 is 17.9 Å². The molecular formula is C22H42O6. The zero-order chi connectivity index (χ0) is 21.6. The first-order valence-corrected chi connectivity index (χ1v) is 11.0. The second-order valence-electron chi connectivity index (χ2n) is 7.44. The normalized spacial score (nSPS) is 11.4. The van der Waals surface area contributed by atoms with E-state index in [1.54, 1.807) is 0 Å². The van der Waals surface area contributed by atoms with E-state index in [1.807, 2.05) is 0 Å². The fourth-order valence-electron chi connectivity index (χ4n) is 2.93. The lowest BCUT2D eigenvalue weighted by Crippen LogP contribution is -2.13. The van der Waals surface area contributed by atoms with Gasteiger partial charge in [-0.1, -0.05) is 78.1 Å². The molecule has 3 N–H and O–H groups in total. The largest absolute Gasteiger partial charge is 0.481 e. The number of carbonyl (C=O) groups is 3. The third-order valence-corrected chi connectivity index (χ3v) is 4.69. The molecule has 0 radical (unpaired) electrons. The molecule has 0 aliphatic heterocycles. The Labute approximate surface area is 170 Å². The minimum Gasteiger partial charge on any atom is -0.481 e. The van der Waals surface area contributed by atoms with E-state index >= 15 is 0 Å². The van der Waals surface area contributed by atoms with E-state index < -0.39 is 17.9 Å². The van der Waals surface area contributed by atoms with Crippen molar-refractivity contribution >= 4 is 17.9 Å². The molecule has 1 unspecified atom stereocenters. The van der Waals surface area contributed by atoms with E-state index in [1.165, 1.54) is 51.4 Å². The van der Waals surface area contributed by atoms with Gasteiger partial charge in [0.05, 0.1) is 5.92 Å². The molecule has 166 valence electrons. The summed E-state index contributed by atoms with van der Waals surface area (Å²) in [6.07, 6.45) is 15.0. The van der Waals surface area contributed by atoms with Crippen LogP contribution >= 0.6 is 0 Å². The monoisotopic (exact) mass is 402 g/mol. The van der Waals surface area contributed by atoms with Crippen molar-refractivity contribution in [1.82, 2.24) is 0 Å². The van der Waals surface area contributed by atoms with Crippen LogP contribution in [0.5, 0.6) is 0 Å².